The summed E-state index contributed by atoms with van der Waals surface area (Å²) in [5.74, 6) is 0.838. The predicted molar refractivity (Wildman–Crippen MR) is 103 cm³/mol. The van der Waals surface area contributed by atoms with E-state index in [-0.39, 0.29) is 5.56 Å². The molecule has 2 heterocycles. The summed E-state index contributed by atoms with van der Waals surface area (Å²) in [4.78, 5) is 17.8. The number of hydrogen-bond donors (Lipinski definition) is 2. The van der Waals surface area contributed by atoms with Crippen molar-refractivity contribution >= 4 is 18.0 Å². The number of rotatable bonds is 2. The van der Waals surface area contributed by atoms with Crippen LogP contribution in [0.25, 0.3) is 5.69 Å². The van der Waals surface area contributed by atoms with E-state index in [1.54, 1.807) is 0 Å². The second-order valence-corrected chi connectivity index (χ2v) is 7.52. The van der Waals surface area contributed by atoms with Crippen LogP contribution in [-0.4, -0.2) is 27.2 Å². The molecule has 132 valence electrons. The van der Waals surface area contributed by atoms with E-state index in [9.17, 15) is 4.79 Å². The van der Waals surface area contributed by atoms with E-state index < -0.39 is 0 Å². The summed E-state index contributed by atoms with van der Waals surface area (Å²) in [6.45, 7) is 3.51. The van der Waals surface area contributed by atoms with E-state index in [0.29, 0.717) is 17.4 Å². The Labute approximate surface area is 152 Å². The number of nitrogens with zero attached hydrogens (tertiary/aromatic N) is 2. The molecule has 0 atom stereocenters. The Balaban J connectivity index is 1.74. The Morgan fingerprint density at radius 1 is 1.12 bits per heavy atom. The van der Waals surface area contributed by atoms with Crippen LogP contribution >= 0.6 is 12.2 Å². The van der Waals surface area contributed by atoms with Gasteiger partial charge >= 0.3 is 0 Å². The number of fused-ring (bicyclic) bond motifs is 1. The van der Waals surface area contributed by atoms with E-state index in [2.05, 4.69) is 34.3 Å². The van der Waals surface area contributed by atoms with Gasteiger partial charge in [0.25, 0.3) is 5.56 Å². The van der Waals surface area contributed by atoms with Gasteiger partial charge in [0.2, 0.25) is 0 Å². The van der Waals surface area contributed by atoms with Gasteiger partial charge in [0.15, 0.2) is 4.77 Å². The van der Waals surface area contributed by atoms with E-state index in [0.717, 1.165) is 23.7 Å². The van der Waals surface area contributed by atoms with Crippen LogP contribution < -0.4 is 10.9 Å². The van der Waals surface area contributed by atoms with Gasteiger partial charge in [0, 0.05) is 18.3 Å². The van der Waals surface area contributed by atoms with Gasteiger partial charge in [0.1, 0.15) is 5.82 Å². The number of aryl methyl sites for hydroxylation is 1. The monoisotopic (exact) mass is 356 g/mol. The van der Waals surface area contributed by atoms with Gasteiger partial charge in [-0.25, -0.2) is 0 Å². The molecule has 0 amide bonds. The Kier molecular flexibility index (Phi) is 4.48. The summed E-state index contributed by atoms with van der Waals surface area (Å²) in [6.07, 6.45) is 6.37. The highest BCUT2D eigenvalue weighted by Gasteiger charge is 2.28. The second kappa shape index (κ2) is 6.77. The van der Waals surface area contributed by atoms with Gasteiger partial charge in [0.05, 0.1) is 12.2 Å². The van der Waals surface area contributed by atoms with Crippen LogP contribution in [0.1, 0.15) is 43.2 Å². The van der Waals surface area contributed by atoms with Crippen LogP contribution in [0.5, 0.6) is 0 Å². The van der Waals surface area contributed by atoms with Crippen LogP contribution in [0.3, 0.4) is 0 Å². The van der Waals surface area contributed by atoms with Crippen molar-refractivity contribution in [2.75, 3.05) is 12.0 Å². The van der Waals surface area contributed by atoms with E-state index >= 15 is 0 Å². The molecule has 1 aromatic heterocycles. The predicted octanol–water partition coefficient (Wildman–Crippen LogP) is 3.72. The number of nitrogens with one attached hydrogen (secondary N) is 2. The topological polar surface area (TPSA) is 53.1 Å². The zero-order valence-electron chi connectivity index (χ0n) is 14.5. The first-order valence-corrected chi connectivity index (χ1v) is 9.47. The van der Waals surface area contributed by atoms with Crippen LogP contribution in [0.4, 0.5) is 5.82 Å². The molecule has 0 radical (unpaired) electrons. The molecule has 2 aromatic rings. The summed E-state index contributed by atoms with van der Waals surface area (Å²) < 4.78 is 2.38. The molecule has 1 fully saturated rings. The first-order chi connectivity index (χ1) is 12.1. The Morgan fingerprint density at radius 3 is 2.56 bits per heavy atom. The van der Waals surface area contributed by atoms with Gasteiger partial charge in [-0.1, -0.05) is 37.0 Å². The third kappa shape index (κ3) is 3.16. The van der Waals surface area contributed by atoms with Crippen LogP contribution in [-0.2, 0) is 6.54 Å². The lowest BCUT2D eigenvalue weighted by atomic mass is 9.94. The molecule has 4 rings (SSSR count). The SMILES string of the molecule is Cc1ccc(-n2c3c(c(=O)[nH]c2=S)CN(C2CCCCC2)CN3)cc1. The number of aromatic nitrogens is 2. The zero-order valence-corrected chi connectivity index (χ0v) is 15.4. The van der Waals surface area contributed by atoms with Crippen molar-refractivity contribution < 1.29 is 0 Å². The summed E-state index contributed by atoms with van der Waals surface area (Å²) in [7, 11) is 0. The van der Waals surface area contributed by atoms with Gasteiger partial charge in [-0.05, 0) is 44.1 Å². The molecule has 0 bridgehead atoms. The normalized spacial score (nSPS) is 18.6. The van der Waals surface area contributed by atoms with Crippen molar-refractivity contribution in [1.82, 2.24) is 14.5 Å². The minimum absolute atomic E-state index is 0.0728. The fourth-order valence-corrected chi connectivity index (χ4v) is 4.27. The highest BCUT2D eigenvalue weighted by atomic mass is 32.1. The Bertz CT molecular complexity index is 878. The van der Waals surface area contributed by atoms with Gasteiger partial charge in [-0.2, -0.15) is 0 Å². The maximum absolute atomic E-state index is 12.5. The van der Waals surface area contributed by atoms with Crippen molar-refractivity contribution in [3.8, 4) is 5.69 Å². The molecule has 1 aliphatic heterocycles. The lowest BCUT2D eigenvalue weighted by Gasteiger charge is -2.38. The molecule has 2 aliphatic rings. The zero-order chi connectivity index (χ0) is 17.4. The van der Waals surface area contributed by atoms with Crippen molar-refractivity contribution in [2.45, 2.75) is 51.6 Å². The van der Waals surface area contributed by atoms with E-state index in [4.69, 9.17) is 12.2 Å². The third-order valence-corrected chi connectivity index (χ3v) is 5.69. The van der Waals surface area contributed by atoms with Crippen LogP contribution in [0.2, 0.25) is 0 Å². The third-order valence-electron chi connectivity index (χ3n) is 5.40. The number of hydrogen-bond acceptors (Lipinski definition) is 4. The van der Waals surface area contributed by atoms with E-state index in [1.165, 1.54) is 37.7 Å². The lowest BCUT2D eigenvalue weighted by Crippen LogP contribution is -2.45. The second-order valence-electron chi connectivity index (χ2n) is 7.13. The van der Waals surface area contributed by atoms with Crippen molar-refractivity contribution in [2.24, 2.45) is 0 Å². The molecular formula is C19H24N4OS. The first-order valence-electron chi connectivity index (χ1n) is 9.06. The Morgan fingerprint density at radius 2 is 1.84 bits per heavy atom. The minimum atomic E-state index is -0.0728. The quantitative estimate of drug-likeness (QED) is 0.805. The summed E-state index contributed by atoms with van der Waals surface area (Å²) in [6, 6.07) is 8.78. The van der Waals surface area contributed by atoms with Gasteiger partial charge < -0.3 is 5.32 Å². The molecule has 2 N–H and O–H groups in total. The number of aromatic amines is 1. The minimum Gasteiger partial charge on any atom is -0.358 e. The molecule has 1 saturated carbocycles. The fourth-order valence-electron chi connectivity index (χ4n) is 3.98. The van der Waals surface area contributed by atoms with Crippen LogP contribution in [0, 0.1) is 11.7 Å². The largest absolute Gasteiger partial charge is 0.358 e. The summed E-state index contributed by atoms with van der Waals surface area (Å²) in [5, 5.41) is 3.48. The fraction of sp³-hybridized carbons (Fsp3) is 0.474. The Hall–Kier alpha value is -1.92. The molecule has 5 nitrogen and oxygen atoms in total. The number of benzene rings is 1. The number of H-pyrrole nitrogens is 1. The molecule has 6 heteroatoms. The van der Waals surface area contributed by atoms with E-state index in [1.807, 2.05) is 16.7 Å². The molecular weight excluding hydrogens is 332 g/mol. The van der Waals surface area contributed by atoms with Crippen molar-refractivity contribution in [1.29, 1.82) is 0 Å². The van der Waals surface area contributed by atoms with Crippen molar-refractivity contribution in [3.63, 3.8) is 0 Å². The molecule has 0 unspecified atom stereocenters. The smallest absolute Gasteiger partial charge is 0.258 e. The molecule has 1 aliphatic carbocycles. The standard InChI is InChI=1S/C19H24N4OS/c1-13-7-9-15(10-8-13)23-17-16(18(24)21-19(23)25)11-22(12-20-17)14-5-3-2-4-6-14/h7-10,14,20H,2-6,11-12H2,1H3,(H,21,24,25). The first kappa shape index (κ1) is 16.5. The maximum Gasteiger partial charge on any atom is 0.258 e. The number of anilines is 1. The molecule has 0 spiro atoms. The molecule has 1 aromatic carbocycles. The maximum atomic E-state index is 12.5. The summed E-state index contributed by atoms with van der Waals surface area (Å²) in [5.41, 5.74) is 2.88. The molecule has 0 saturated heterocycles. The van der Waals surface area contributed by atoms with Crippen LogP contribution in [0.15, 0.2) is 29.1 Å². The van der Waals surface area contributed by atoms with Gasteiger partial charge in [-0.3, -0.25) is 19.2 Å². The average Bonchev–Trinajstić information content (AvgIpc) is 2.64. The lowest BCUT2D eigenvalue weighted by molar-refractivity contribution is 0.152. The highest BCUT2D eigenvalue weighted by Crippen LogP contribution is 2.28. The van der Waals surface area contributed by atoms with Crippen molar-refractivity contribution in [3.05, 3.63) is 50.5 Å². The molecule has 25 heavy (non-hydrogen) atoms. The summed E-state index contributed by atoms with van der Waals surface area (Å²) >= 11 is 5.45. The van der Waals surface area contributed by atoms with Gasteiger partial charge in [-0.15, -0.1) is 0 Å². The average molecular weight is 356 g/mol. The highest BCUT2D eigenvalue weighted by molar-refractivity contribution is 7.71.